The molecule has 1 aromatic heterocycles. The van der Waals surface area contributed by atoms with Crippen molar-refractivity contribution in [3.05, 3.63) is 29.8 Å². The fourth-order valence-corrected chi connectivity index (χ4v) is 1.74. The van der Waals surface area contributed by atoms with Crippen molar-refractivity contribution in [1.29, 1.82) is 0 Å². The molecule has 0 aliphatic heterocycles. The Labute approximate surface area is 103 Å². The number of halogens is 1. The smallest absolute Gasteiger partial charge is 0.146 e. The van der Waals surface area contributed by atoms with Crippen LogP contribution in [0.1, 0.15) is 31.4 Å². The molecule has 1 atom stereocenters. The maximum Gasteiger partial charge on any atom is 0.146 e. The highest BCUT2D eigenvalue weighted by Gasteiger charge is 2.14. The Bertz CT molecular complexity index is 328. The van der Waals surface area contributed by atoms with Crippen LogP contribution in [0.5, 0.6) is 0 Å². The minimum Gasteiger partial charge on any atom is -0.310 e. The lowest BCUT2D eigenvalue weighted by Crippen LogP contribution is -2.27. The molecule has 1 rings (SSSR count). The molecule has 0 aliphatic rings. The predicted molar refractivity (Wildman–Crippen MR) is 68.4 cm³/mol. The van der Waals surface area contributed by atoms with Crippen LogP contribution in [-0.4, -0.2) is 37.1 Å². The Kier molecular flexibility index (Phi) is 6.08. The molecule has 0 aromatic carbocycles. The van der Waals surface area contributed by atoms with E-state index in [1.807, 2.05) is 14.1 Å². The van der Waals surface area contributed by atoms with E-state index in [1.165, 1.54) is 6.20 Å². The van der Waals surface area contributed by atoms with Gasteiger partial charge >= 0.3 is 0 Å². The second kappa shape index (κ2) is 7.35. The molecular formula is C13H22FN3. The van der Waals surface area contributed by atoms with E-state index in [-0.39, 0.29) is 11.9 Å². The van der Waals surface area contributed by atoms with E-state index >= 15 is 0 Å². The van der Waals surface area contributed by atoms with Gasteiger partial charge < -0.3 is 10.2 Å². The number of aromatic nitrogens is 1. The third kappa shape index (κ3) is 4.79. The van der Waals surface area contributed by atoms with E-state index in [2.05, 4.69) is 22.1 Å². The van der Waals surface area contributed by atoms with Gasteiger partial charge in [-0.05, 0) is 46.1 Å². The first-order valence-corrected chi connectivity index (χ1v) is 6.12. The largest absolute Gasteiger partial charge is 0.310 e. The molecule has 4 heteroatoms. The van der Waals surface area contributed by atoms with E-state index < -0.39 is 0 Å². The zero-order chi connectivity index (χ0) is 12.7. The van der Waals surface area contributed by atoms with E-state index in [9.17, 15) is 4.39 Å². The molecule has 0 radical (unpaired) electrons. The van der Waals surface area contributed by atoms with Crippen LogP contribution in [0.2, 0.25) is 0 Å². The first-order chi connectivity index (χ1) is 8.15. The second-order valence-electron chi connectivity index (χ2n) is 4.50. The Morgan fingerprint density at radius 1 is 1.47 bits per heavy atom. The Balaban J connectivity index is 2.71. The van der Waals surface area contributed by atoms with Gasteiger partial charge in [0.2, 0.25) is 0 Å². The van der Waals surface area contributed by atoms with Gasteiger partial charge in [0.15, 0.2) is 0 Å². The highest BCUT2D eigenvalue weighted by Crippen LogP contribution is 2.19. The summed E-state index contributed by atoms with van der Waals surface area (Å²) in [4.78, 5) is 5.90. The number of hydrogen-bond acceptors (Lipinski definition) is 3. The van der Waals surface area contributed by atoms with Crippen molar-refractivity contribution in [3.8, 4) is 0 Å². The van der Waals surface area contributed by atoms with Gasteiger partial charge in [-0.2, -0.15) is 0 Å². The van der Waals surface area contributed by atoms with Crippen LogP contribution in [0.15, 0.2) is 18.5 Å². The van der Waals surface area contributed by atoms with Crippen LogP contribution in [0, 0.1) is 5.82 Å². The van der Waals surface area contributed by atoms with Crippen LogP contribution < -0.4 is 5.32 Å². The lowest BCUT2D eigenvalue weighted by Gasteiger charge is -2.21. The predicted octanol–water partition coefficient (Wildman–Crippen LogP) is 2.21. The summed E-state index contributed by atoms with van der Waals surface area (Å²) >= 11 is 0. The zero-order valence-corrected chi connectivity index (χ0v) is 10.9. The molecule has 0 amide bonds. The highest BCUT2D eigenvalue weighted by atomic mass is 19.1. The molecule has 1 unspecified atom stereocenters. The standard InChI is InChI=1S/C13H22FN3/c1-4-7-16-13(6-9-17(2)3)11-5-8-15-10-12(11)14/h5,8,10,13,16H,4,6-7,9H2,1-3H3. The van der Waals surface area contributed by atoms with Gasteiger partial charge in [0.25, 0.3) is 0 Å². The average Bonchev–Trinajstić information content (AvgIpc) is 2.30. The quantitative estimate of drug-likeness (QED) is 0.790. The van der Waals surface area contributed by atoms with Crippen molar-refractivity contribution in [2.45, 2.75) is 25.8 Å². The van der Waals surface area contributed by atoms with E-state index in [4.69, 9.17) is 0 Å². The van der Waals surface area contributed by atoms with Gasteiger partial charge in [0.1, 0.15) is 5.82 Å². The topological polar surface area (TPSA) is 28.2 Å². The summed E-state index contributed by atoms with van der Waals surface area (Å²) in [5, 5.41) is 3.39. The molecule has 0 saturated heterocycles. The molecule has 3 nitrogen and oxygen atoms in total. The minimum absolute atomic E-state index is 0.0698. The average molecular weight is 239 g/mol. The Morgan fingerprint density at radius 3 is 2.82 bits per heavy atom. The third-order valence-electron chi connectivity index (χ3n) is 2.68. The van der Waals surface area contributed by atoms with E-state index in [0.717, 1.165) is 31.5 Å². The van der Waals surface area contributed by atoms with Gasteiger partial charge in [0, 0.05) is 17.8 Å². The molecule has 17 heavy (non-hydrogen) atoms. The molecule has 1 N–H and O–H groups in total. The normalized spacial score (nSPS) is 13.0. The first-order valence-electron chi connectivity index (χ1n) is 6.12. The van der Waals surface area contributed by atoms with Gasteiger partial charge in [0.05, 0.1) is 6.20 Å². The fourth-order valence-electron chi connectivity index (χ4n) is 1.74. The first kappa shape index (κ1) is 14.1. The van der Waals surface area contributed by atoms with E-state index in [1.54, 1.807) is 12.3 Å². The molecule has 0 aliphatic carbocycles. The summed E-state index contributed by atoms with van der Waals surface area (Å²) in [5.74, 6) is -0.222. The fraction of sp³-hybridized carbons (Fsp3) is 0.615. The zero-order valence-electron chi connectivity index (χ0n) is 10.9. The van der Waals surface area contributed by atoms with Crippen LogP contribution in [0.4, 0.5) is 4.39 Å². The van der Waals surface area contributed by atoms with Gasteiger partial charge in [-0.25, -0.2) is 4.39 Å². The van der Waals surface area contributed by atoms with Crippen LogP contribution >= 0.6 is 0 Å². The van der Waals surface area contributed by atoms with Crippen molar-refractivity contribution < 1.29 is 4.39 Å². The SMILES string of the molecule is CCCNC(CCN(C)C)c1ccncc1F. The lowest BCUT2D eigenvalue weighted by molar-refractivity contribution is 0.356. The number of nitrogens with zero attached hydrogens (tertiary/aromatic N) is 2. The summed E-state index contributed by atoms with van der Waals surface area (Å²) < 4.78 is 13.7. The monoisotopic (exact) mass is 239 g/mol. The van der Waals surface area contributed by atoms with Crippen molar-refractivity contribution >= 4 is 0 Å². The molecule has 1 heterocycles. The number of pyridine rings is 1. The van der Waals surface area contributed by atoms with Crippen molar-refractivity contribution in [2.75, 3.05) is 27.2 Å². The highest BCUT2D eigenvalue weighted by molar-refractivity contribution is 5.17. The van der Waals surface area contributed by atoms with Crippen molar-refractivity contribution in [2.24, 2.45) is 0 Å². The van der Waals surface area contributed by atoms with Crippen molar-refractivity contribution in [1.82, 2.24) is 15.2 Å². The molecule has 1 aromatic rings. The lowest BCUT2D eigenvalue weighted by atomic mass is 10.0. The van der Waals surface area contributed by atoms with Gasteiger partial charge in [-0.1, -0.05) is 6.92 Å². The van der Waals surface area contributed by atoms with Gasteiger partial charge in [-0.3, -0.25) is 4.98 Å². The summed E-state index contributed by atoms with van der Waals surface area (Å²) in [5.41, 5.74) is 0.718. The van der Waals surface area contributed by atoms with Gasteiger partial charge in [-0.15, -0.1) is 0 Å². The summed E-state index contributed by atoms with van der Waals surface area (Å²) in [6, 6.07) is 1.83. The molecule has 0 saturated carbocycles. The third-order valence-corrected chi connectivity index (χ3v) is 2.68. The molecular weight excluding hydrogens is 217 g/mol. The maximum absolute atomic E-state index is 13.7. The summed E-state index contributed by atoms with van der Waals surface area (Å²) in [6.07, 6.45) is 4.87. The van der Waals surface area contributed by atoms with E-state index in [0.29, 0.717) is 0 Å². The number of rotatable bonds is 7. The number of hydrogen-bond donors (Lipinski definition) is 1. The minimum atomic E-state index is -0.222. The summed E-state index contributed by atoms with van der Waals surface area (Å²) in [6.45, 7) is 3.95. The Morgan fingerprint density at radius 2 is 2.24 bits per heavy atom. The molecule has 0 fully saturated rings. The summed E-state index contributed by atoms with van der Waals surface area (Å²) in [7, 11) is 4.06. The molecule has 0 bridgehead atoms. The van der Waals surface area contributed by atoms with Crippen LogP contribution in [0.25, 0.3) is 0 Å². The molecule has 0 spiro atoms. The Hall–Kier alpha value is -1.00. The van der Waals surface area contributed by atoms with Crippen LogP contribution in [-0.2, 0) is 0 Å². The second-order valence-corrected chi connectivity index (χ2v) is 4.50. The van der Waals surface area contributed by atoms with Crippen LogP contribution in [0.3, 0.4) is 0 Å². The number of nitrogens with one attached hydrogen (secondary N) is 1. The maximum atomic E-state index is 13.7. The molecule has 96 valence electrons. The van der Waals surface area contributed by atoms with Crippen molar-refractivity contribution in [3.63, 3.8) is 0 Å².